The summed E-state index contributed by atoms with van der Waals surface area (Å²) < 4.78 is 1.49. The minimum atomic E-state index is -0.584. The molecule has 0 bridgehead atoms. The maximum absolute atomic E-state index is 11.8. The number of amides is 1. The number of aromatic nitrogens is 2. The van der Waals surface area contributed by atoms with Gasteiger partial charge in [0.05, 0.1) is 6.61 Å². The van der Waals surface area contributed by atoms with Gasteiger partial charge in [0.25, 0.3) is 0 Å². The van der Waals surface area contributed by atoms with E-state index in [4.69, 9.17) is 5.11 Å². The van der Waals surface area contributed by atoms with Crippen LogP contribution in [-0.4, -0.2) is 25.5 Å². The molecule has 1 heterocycles. The lowest BCUT2D eigenvalue weighted by atomic mass is 10.2. The van der Waals surface area contributed by atoms with Crippen LogP contribution in [0.15, 0.2) is 36.8 Å². The van der Waals surface area contributed by atoms with Gasteiger partial charge in [-0.1, -0.05) is 12.1 Å². The highest BCUT2D eigenvalue weighted by molar-refractivity contribution is 5.90. The Morgan fingerprint density at radius 3 is 2.67 bits per heavy atom. The van der Waals surface area contributed by atoms with Crippen molar-refractivity contribution in [1.82, 2.24) is 9.55 Å². The van der Waals surface area contributed by atoms with Crippen LogP contribution in [0.5, 0.6) is 0 Å². The molecule has 1 aromatic heterocycles. The van der Waals surface area contributed by atoms with Gasteiger partial charge in [0.1, 0.15) is 6.20 Å². The molecule has 0 fully saturated rings. The number of carbonyl (C=O) groups excluding carboxylic acids is 1. The van der Waals surface area contributed by atoms with E-state index in [9.17, 15) is 14.9 Å². The third-order valence-electron chi connectivity index (χ3n) is 2.82. The molecular weight excluding hydrogens is 276 g/mol. The van der Waals surface area contributed by atoms with Crippen molar-refractivity contribution in [2.24, 2.45) is 0 Å². The molecule has 110 valence electrons. The van der Waals surface area contributed by atoms with Crippen molar-refractivity contribution in [1.29, 1.82) is 0 Å². The van der Waals surface area contributed by atoms with E-state index in [0.717, 1.165) is 5.56 Å². The van der Waals surface area contributed by atoms with Crippen LogP contribution in [0.4, 0.5) is 11.5 Å². The Hall–Kier alpha value is -2.74. The zero-order valence-corrected chi connectivity index (χ0v) is 11.1. The van der Waals surface area contributed by atoms with Crippen molar-refractivity contribution in [3.8, 4) is 0 Å². The van der Waals surface area contributed by atoms with Crippen molar-refractivity contribution in [3.05, 3.63) is 52.5 Å². The van der Waals surface area contributed by atoms with E-state index in [1.165, 1.54) is 17.1 Å². The SMILES string of the molecule is O=C(CCn1cnc([N+](=O)[O-])c1)Nc1ccc(CO)cc1. The van der Waals surface area contributed by atoms with Gasteiger partial charge in [0, 0.05) is 18.7 Å². The number of aryl methyl sites for hydroxylation is 1. The number of aliphatic hydroxyl groups is 1. The first-order chi connectivity index (χ1) is 10.1. The summed E-state index contributed by atoms with van der Waals surface area (Å²) in [6.07, 6.45) is 2.78. The molecular formula is C13H14N4O4. The van der Waals surface area contributed by atoms with Gasteiger partial charge in [-0.05, 0) is 27.6 Å². The average Bonchev–Trinajstić information content (AvgIpc) is 2.95. The summed E-state index contributed by atoms with van der Waals surface area (Å²) in [5.74, 6) is -0.446. The first-order valence-electron chi connectivity index (χ1n) is 6.24. The van der Waals surface area contributed by atoms with E-state index in [1.807, 2.05) is 0 Å². The van der Waals surface area contributed by atoms with Crippen molar-refractivity contribution < 1.29 is 14.8 Å². The van der Waals surface area contributed by atoms with Crippen molar-refractivity contribution >= 4 is 17.4 Å². The van der Waals surface area contributed by atoms with E-state index in [-0.39, 0.29) is 24.8 Å². The second-order valence-electron chi connectivity index (χ2n) is 4.38. The van der Waals surface area contributed by atoms with Crippen molar-refractivity contribution in [3.63, 3.8) is 0 Å². The Balaban J connectivity index is 1.84. The molecule has 0 atom stereocenters. The molecule has 2 aromatic rings. The van der Waals surface area contributed by atoms with Crippen LogP contribution in [0.3, 0.4) is 0 Å². The Kier molecular flexibility index (Phi) is 4.62. The van der Waals surface area contributed by atoms with E-state index >= 15 is 0 Å². The van der Waals surface area contributed by atoms with Crippen LogP contribution in [-0.2, 0) is 17.9 Å². The monoisotopic (exact) mass is 290 g/mol. The van der Waals surface area contributed by atoms with E-state index < -0.39 is 4.92 Å². The van der Waals surface area contributed by atoms with Gasteiger partial charge in [-0.2, -0.15) is 0 Å². The minimum absolute atomic E-state index is 0.0480. The largest absolute Gasteiger partial charge is 0.392 e. The van der Waals surface area contributed by atoms with Crippen molar-refractivity contribution in [2.45, 2.75) is 19.6 Å². The molecule has 8 nitrogen and oxygen atoms in total. The first kappa shape index (κ1) is 14.7. The molecule has 0 aliphatic rings. The number of rotatable bonds is 6. The zero-order chi connectivity index (χ0) is 15.2. The number of carbonyl (C=O) groups is 1. The number of nitro groups is 1. The smallest absolute Gasteiger partial charge is 0.381 e. The molecule has 0 spiro atoms. The van der Waals surface area contributed by atoms with Crippen LogP contribution >= 0.6 is 0 Å². The first-order valence-corrected chi connectivity index (χ1v) is 6.24. The van der Waals surface area contributed by atoms with Gasteiger partial charge >= 0.3 is 5.82 Å². The van der Waals surface area contributed by atoms with Gasteiger partial charge in [-0.3, -0.25) is 4.79 Å². The Morgan fingerprint density at radius 1 is 1.38 bits per heavy atom. The lowest BCUT2D eigenvalue weighted by Crippen LogP contribution is -2.14. The number of hydrogen-bond acceptors (Lipinski definition) is 5. The number of imidazole rings is 1. The van der Waals surface area contributed by atoms with Crippen LogP contribution < -0.4 is 5.32 Å². The highest BCUT2D eigenvalue weighted by atomic mass is 16.6. The van der Waals surface area contributed by atoms with Gasteiger partial charge in [-0.25, -0.2) is 0 Å². The molecule has 21 heavy (non-hydrogen) atoms. The van der Waals surface area contributed by atoms with Crippen LogP contribution in [0, 0.1) is 10.1 Å². The summed E-state index contributed by atoms with van der Waals surface area (Å²) in [4.78, 5) is 25.3. The lowest BCUT2D eigenvalue weighted by molar-refractivity contribution is -0.389. The van der Waals surface area contributed by atoms with Crippen molar-refractivity contribution in [2.75, 3.05) is 5.32 Å². The Bertz CT molecular complexity index is 636. The highest BCUT2D eigenvalue weighted by Gasteiger charge is 2.10. The predicted octanol–water partition coefficient (Wildman–Crippen LogP) is 1.31. The average molecular weight is 290 g/mol. The molecule has 0 unspecified atom stereocenters. The quantitative estimate of drug-likeness (QED) is 0.615. The summed E-state index contributed by atoms with van der Waals surface area (Å²) >= 11 is 0. The Labute approximate surface area is 120 Å². The maximum atomic E-state index is 11.8. The number of hydrogen-bond donors (Lipinski definition) is 2. The number of anilines is 1. The van der Waals surface area contributed by atoms with Gasteiger partial charge in [-0.15, -0.1) is 0 Å². The lowest BCUT2D eigenvalue weighted by Gasteiger charge is -2.05. The van der Waals surface area contributed by atoms with E-state index in [2.05, 4.69) is 10.3 Å². The fourth-order valence-electron chi connectivity index (χ4n) is 1.71. The standard InChI is InChI=1S/C13H14N4O4/c18-8-10-1-3-11(4-2-10)15-13(19)5-6-16-7-12(14-9-16)17(20)21/h1-4,7,9,18H,5-6,8H2,(H,15,19). The van der Waals surface area contributed by atoms with Crippen LogP contribution in [0.25, 0.3) is 0 Å². The Morgan fingerprint density at radius 2 is 2.10 bits per heavy atom. The number of aliphatic hydroxyl groups excluding tert-OH is 1. The minimum Gasteiger partial charge on any atom is -0.392 e. The fourth-order valence-corrected chi connectivity index (χ4v) is 1.71. The zero-order valence-electron chi connectivity index (χ0n) is 11.1. The summed E-state index contributed by atoms with van der Waals surface area (Å²) in [6.45, 7) is 0.259. The van der Waals surface area contributed by atoms with Gasteiger partial charge in [0.2, 0.25) is 12.2 Å². The summed E-state index contributed by atoms with van der Waals surface area (Å²) in [5, 5.41) is 22.1. The topological polar surface area (TPSA) is 110 Å². The molecule has 8 heteroatoms. The fraction of sp³-hybridized carbons (Fsp3) is 0.231. The second kappa shape index (κ2) is 6.62. The second-order valence-corrected chi connectivity index (χ2v) is 4.38. The molecule has 2 rings (SSSR count). The number of benzene rings is 1. The van der Waals surface area contributed by atoms with Gasteiger partial charge < -0.3 is 25.1 Å². The molecule has 0 saturated carbocycles. The number of nitrogens with zero attached hydrogens (tertiary/aromatic N) is 3. The maximum Gasteiger partial charge on any atom is 0.381 e. The third kappa shape index (κ3) is 4.11. The van der Waals surface area contributed by atoms with Crippen LogP contribution in [0.2, 0.25) is 0 Å². The van der Waals surface area contributed by atoms with E-state index in [1.54, 1.807) is 24.3 Å². The highest BCUT2D eigenvalue weighted by Crippen LogP contribution is 2.10. The van der Waals surface area contributed by atoms with Crippen LogP contribution in [0.1, 0.15) is 12.0 Å². The molecule has 0 radical (unpaired) electrons. The molecule has 0 aliphatic heterocycles. The molecule has 0 aliphatic carbocycles. The summed E-state index contributed by atoms with van der Waals surface area (Å²) in [6, 6.07) is 6.83. The molecule has 2 N–H and O–H groups in total. The summed E-state index contributed by atoms with van der Waals surface area (Å²) in [7, 11) is 0. The molecule has 1 aromatic carbocycles. The predicted molar refractivity (Wildman–Crippen MR) is 74.5 cm³/mol. The molecule has 0 saturated heterocycles. The third-order valence-corrected chi connectivity index (χ3v) is 2.82. The van der Waals surface area contributed by atoms with E-state index in [0.29, 0.717) is 12.2 Å². The number of nitrogens with one attached hydrogen (secondary N) is 1. The molecule has 1 amide bonds. The summed E-state index contributed by atoms with van der Waals surface area (Å²) in [5.41, 5.74) is 1.40. The van der Waals surface area contributed by atoms with Gasteiger partial charge in [0.15, 0.2) is 0 Å². The normalized spacial score (nSPS) is 10.3.